The Morgan fingerprint density at radius 2 is 0.852 bits per heavy atom. The van der Waals surface area contributed by atoms with Crippen LogP contribution < -0.4 is 5.32 Å². The highest BCUT2D eigenvalue weighted by molar-refractivity contribution is 7.47. The van der Waals surface area contributed by atoms with Gasteiger partial charge < -0.3 is 25.2 Å². The lowest BCUT2D eigenvalue weighted by Gasteiger charge is -2.18. The number of rotatable bonds is 42. The van der Waals surface area contributed by atoms with Crippen LogP contribution in [0.3, 0.4) is 0 Å². The summed E-state index contributed by atoms with van der Waals surface area (Å²) < 4.78 is 26.6. The molecule has 0 aromatic rings. The number of carboxylic acids is 1. The van der Waals surface area contributed by atoms with Gasteiger partial charge in [0.2, 0.25) is 5.91 Å². The molecule has 320 valence electrons. The second-order valence-corrected chi connectivity index (χ2v) is 16.7. The smallest absolute Gasteiger partial charge is 0.472 e. The zero-order chi connectivity index (χ0) is 40.0. The number of phosphoric ester groups is 1. The minimum absolute atomic E-state index is 0.153. The van der Waals surface area contributed by atoms with Crippen molar-refractivity contribution in [2.24, 2.45) is 0 Å². The molecular formula is C42H82NO10P. The average molecular weight is 792 g/mol. The molecular weight excluding hydrogens is 709 g/mol. The molecule has 0 spiro atoms. The summed E-state index contributed by atoms with van der Waals surface area (Å²) in [5, 5.41) is 21.7. The summed E-state index contributed by atoms with van der Waals surface area (Å²) in [7, 11) is -4.74. The van der Waals surface area contributed by atoms with Crippen molar-refractivity contribution in [1.82, 2.24) is 5.32 Å². The molecule has 0 rings (SSSR count). The molecule has 0 saturated carbocycles. The molecule has 0 aliphatic heterocycles. The van der Waals surface area contributed by atoms with E-state index in [1.807, 2.05) is 0 Å². The Kier molecular flexibility index (Phi) is 37.3. The molecule has 0 radical (unpaired) electrons. The fourth-order valence-corrected chi connectivity index (χ4v) is 7.21. The summed E-state index contributed by atoms with van der Waals surface area (Å²) in [6.07, 6.45) is 36.1. The average Bonchev–Trinajstić information content (AvgIpc) is 3.14. The standard InChI is InChI=1S/C42H82NO10P/c1-3-5-7-9-11-12-13-14-15-16-17-18-19-20-21-22-23-24-25-26-27-28-29-31-33-40(45)43-39(42(47)48)37-53-54(49,50)52-36-38(44)35-51-41(46)34-32-30-10-8-6-4-2/h38-39,44H,3-37H2,1-2H3,(H,43,45)(H,47,48)(H,49,50). The lowest BCUT2D eigenvalue weighted by atomic mass is 10.0. The number of ether oxygens (including phenoxy) is 1. The Bertz CT molecular complexity index is 937. The van der Waals surface area contributed by atoms with Crippen molar-refractivity contribution in [2.45, 2.75) is 231 Å². The first-order valence-corrected chi connectivity index (χ1v) is 23.6. The third kappa shape index (κ3) is 37.4. The number of amides is 1. The second kappa shape index (κ2) is 38.4. The Balaban J connectivity index is 3.75. The van der Waals surface area contributed by atoms with E-state index in [9.17, 15) is 34.1 Å². The number of nitrogens with one attached hydrogen (secondary N) is 1. The van der Waals surface area contributed by atoms with Gasteiger partial charge >= 0.3 is 19.8 Å². The quantitative estimate of drug-likeness (QED) is 0.0265. The van der Waals surface area contributed by atoms with Crippen LogP contribution in [0.15, 0.2) is 0 Å². The van der Waals surface area contributed by atoms with Crippen LogP contribution in [0.5, 0.6) is 0 Å². The molecule has 0 aromatic heterocycles. The number of unbranched alkanes of at least 4 members (excludes halogenated alkanes) is 28. The topological polar surface area (TPSA) is 169 Å². The van der Waals surface area contributed by atoms with Crippen LogP contribution in [0, 0.1) is 0 Å². The van der Waals surface area contributed by atoms with E-state index in [0.29, 0.717) is 12.8 Å². The summed E-state index contributed by atoms with van der Waals surface area (Å²) in [4.78, 5) is 45.6. The van der Waals surface area contributed by atoms with E-state index in [1.54, 1.807) is 0 Å². The van der Waals surface area contributed by atoms with Crippen molar-refractivity contribution >= 4 is 25.7 Å². The number of phosphoric acid groups is 1. The molecule has 11 nitrogen and oxygen atoms in total. The molecule has 0 heterocycles. The molecule has 0 fully saturated rings. The van der Waals surface area contributed by atoms with Crippen molar-refractivity contribution < 1.29 is 47.8 Å². The van der Waals surface area contributed by atoms with Crippen LogP contribution in [0.2, 0.25) is 0 Å². The number of hydrogen-bond donors (Lipinski definition) is 4. The van der Waals surface area contributed by atoms with Crippen LogP contribution in [0.1, 0.15) is 219 Å². The van der Waals surface area contributed by atoms with Crippen LogP contribution in [0.4, 0.5) is 0 Å². The first-order chi connectivity index (χ1) is 26.1. The number of aliphatic hydroxyl groups is 1. The molecule has 0 aliphatic carbocycles. The van der Waals surface area contributed by atoms with Crippen molar-refractivity contribution in [1.29, 1.82) is 0 Å². The Hall–Kier alpha value is -1.52. The first-order valence-electron chi connectivity index (χ1n) is 22.1. The lowest BCUT2D eigenvalue weighted by molar-refractivity contribution is -0.147. The maximum absolute atomic E-state index is 12.3. The van der Waals surface area contributed by atoms with Crippen LogP contribution in [-0.4, -0.2) is 64.9 Å². The van der Waals surface area contributed by atoms with E-state index < -0.39 is 57.6 Å². The molecule has 0 saturated heterocycles. The molecule has 0 aromatic carbocycles. The van der Waals surface area contributed by atoms with Crippen molar-refractivity contribution in [3.63, 3.8) is 0 Å². The van der Waals surface area contributed by atoms with E-state index in [4.69, 9.17) is 13.8 Å². The highest BCUT2D eigenvalue weighted by Crippen LogP contribution is 2.43. The zero-order valence-electron chi connectivity index (χ0n) is 34.6. The van der Waals surface area contributed by atoms with Gasteiger partial charge in [-0.05, 0) is 12.8 Å². The largest absolute Gasteiger partial charge is 0.480 e. The second-order valence-electron chi connectivity index (χ2n) is 15.3. The summed E-state index contributed by atoms with van der Waals surface area (Å²) in [5.74, 6) is -2.36. The SMILES string of the molecule is CCCCCCCCCCCCCCCCCCCCCCCCCCC(=O)NC(COP(=O)(O)OCC(O)COC(=O)CCCCCCCC)C(=O)O. The normalized spacial score (nSPS) is 13.7. The van der Waals surface area contributed by atoms with Gasteiger partial charge in [0.1, 0.15) is 12.7 Å². The van der Waals surface area contributed by atoms with Crippen LogP contribution >= 0.6 is 7.82 Å². The fraction of sp³-hybridized carbons (Fsp3) is 0.929. The Morgan fingerprint density at radius 3 is 1.22 bits per heavy atom. The Morgan fingerprint density at radius 1 is 0.519 bits per heavy atom. The number of aliphatic carboxylic acids is 1. The summed E-state index contributed by atoms with van der Waals surface area (Å²) in [6, 6.07) is -1.54. The number of carbonyl (C=O) groups is 3. The third-order valence-corrected chi connectivity index (χ3v) is 10.8. The monoisotopic (exact) mass is 792 g/mol. The molecule has 3 atom stereocenters. The molecule has 12 heteroatoms. The number of carbonyl (C=O) groups excluding carboxylic acids is 2. The van der Waals surface area contributed by atoms with E-state index >= 15 is 0 Å². The molecule has 54 heavy (non-hydrogen) atoms. The van der Waals surface area contributed by atoms with Crippen LogP contribution in [0.25, 0.3) is 0 Å². The van der Waals surface area contributed by atoms with E-state index in [2.05, 4.69) is 19.2 Å². The minimum Gasteiger partial charge on any atom is -0.480 e. The van der Waals surface area contributed by atoms with Gasteiger partial charge in [0.25, 0.3) is 0 Å². The van der Waals surface area contributed by atoms with Gasteiger partial charge in [-0.15, -0.1) is 0 Å². The fourth-order valence-electron chi connectivity index (χ4n) is 6.43. The van der Waals surface area contributed by atoms with Gasteiger partial charge in [0.15, 0.2) is 6.04 Å². The van der Waals surface area contributed by atoms with Gasteiger partial charge in [-0.3, -0.25) is 18.6 Å². The summed E-state index contributed by atoms with van der Waals surface area (Å²) >= 11 is 0. The number of carboxylic acid groups (broad SMARTS) is 1. The van der Waals surface area contributed by atoms with Crippen LogP contribution in [-0.2, 0) is 32.7 Å². The third-order valence-electron chi connectivity index (χ3n) is 9.90. The molecule has 1 amide bonds. The maximum Gasteiger partial charge on any atom is 0.472 e. The molecule has 4 N–H and O–H groups in total. The van der Waals surface area contributed by atoms with Gasteiger partial charge in [-0.2, -0.15) is 0 Å². The zero-order valence-corrected chi connectivity index (χ0v) is 35.4. The lowest BCUT2D eigenvalue weighted by Crippen LogP contribution is -2.43. The minimum atomic E-state index is -4.74. The van der Waals surface area contributed by atoms with E-state index in [-0.39, 0.29) is 12.8 Å². The first kappa shape index (κ1) is 52.5. The predicted octanol–water partition coefficient (Wildman–Crippen LogP) is 11.1. The maximum atomic E-state index is 12.3. The van der Waals surface area contributed by atoms with Crippen molar-refractivity contribution in [3.8, 4) is 0 Å². The Labute approximate surface area is 329 Å². The number of esters is 1. The van der Waals surface area contributed by atoms with E-state index in [1.165, 1.54) is 135 Å². The summed E-state index contributed by atoms with van der Waals surface area (Å²) in [5.41, 5.74) is 0. The molecule has 0 bridgehead atoms. The van der Waals surface area contributed by atoms with Crippen molar-refractivity contribution in [2.75, 3.05) is 19.8 Å². The van der Waals surface area contributed by atoms with Gasteiger partial charge in [0.05, 0.1) is 13.2 Å². The van der Waals surface area contributed by atoms with Gasteiger partial charge in [0, 0.05) is 12.8 Å². The summed E-state index contributed by atoms with van der Waals surface area (Å²) in [6.45, 7) is 2.53. The van der Waals surface area contributed by atoms with Gasteiger partial charge in [-0.25, -0.2) is 9.36 Å². The van der Waals surface area contributed by atoms with E-state index in [0.717, 1.165) is 44.9 Å². The van der Waals surface area contributed by atoms with Crippen molar-refractivity contribution in [3.05, 3.63) is 0 Å². The molecule has 3 unspecified atom stereocenters. The van der Waals surface area contributed by atoms with Gasteiger partial charge in [-0.1, -0.05) is 194 Å². The predicted molar refractivity (Wildman–Crippen MR) is 217 cm³/mol. The molecule has 0 aliphatic rings. The number of hydrogen-bond acceptors (Lipinski definition) is 8. The number of aliphatic hydroxyl groups excluding tert-OH is 1. The highest BCUT2D eigenvalue weighted by atomic mass is 31.2. The highest BCUT2D eigenvalue weighted by Gasteiger charge is 2.28.